The maximum atomic E-state index is 11.5. The first-order valence-electron chi connectivity index (χ1n) is 7.41. The number of benzene rings is 1. The Balaban J connectivity index is 1.68. The van der Waals surface area contributed by atoms with E-state index in [-0.39, 0.29) is 10.9 Å². The van der Waals surface area contributed by atoms with E-state index >= 15 is 0 Å². The molecule has 7 nitrogen and oxygen atoms in total. The van der Waals surface area contributed by atoms with E-state index in [0.717, 1.165) is 24.2 Å². The van der Waals surface area contributed by atoms with Gasteiger partial charge in [0.2, 0.25) is 5.89 Å². The molecule has 0 radical (unpaired) electrons. The van der Waals surface area contributed by atoms with Gasteiger partial charge in [0.05, 0.1) is 11.4 Å². The third-order valence-electron chi connectivity index (χ3n) is 3.43. The summed E-state index contributed by atoms with van der Waals surface area (Å²) >= 11 is 0. The van der Waals surface area contributed by atoms with Crippen molar-refractivity contribution >= 4 is 15.9 Å². The molecule has 0 aliphatic heterocycles. The lowest BCUT2D eigenvalue weighted by Gasteiger charge is -1.99. The molecule has 3 aromatic rings. The van der Waals surface area contributed by atoms with Crippen molar-refractivity contribution in [3.8, 4) is 11.5 Å². The van der Waals surface area contributed by atoms with E-state index in [0.29, 0.717) is 18.0 Å². The molecule has 0 aliphatic carbocycles. The number of rotatable bonds is 6. The molecule has 2 aromatic heterocycles. The number of furan rings is 1. The molecule has 0 aliphatic rings. The quantitative estimate of drug-likeness (QED) is 0.732. The Bertz CT molecular complexity index is 926. The predicted molar refractivity (Wildman–Crippen MR) is 88.3 cm³/mol. The zero-order valence-electron chi connectivity index (χ0n) is 13.3. The van der Waals surface area contributed by atoms with Crippen LogP contribution in [-0.2, 0) is 22.8 Å². The second kappa shape index (κ2) is 6.48. The summed E-state index contributed by atoms with van der Waals surface area (Å²) < 4.78 is 34.0. The standard InChI is InChI=1S/C16H17N3O4S/c1-3-12-6-7-13(22-12)10-17-16-19-18-15(23-16)11-4-8-14(9-5-11)24(2,20)21/h4-9H,3,10H2,1-2H3,(H,17,19). The number of nitrogens with one attached hydrogen (secondary N) is 1. The van der Waals surface area contributed by atoms with Crippen molar-refractivity contribution in [2.45, 2.75) is 24.8 Å². The lowest BCUT2D eigenvalue weighted by molar-refractivity contribution is 0.472. The highest BCUT2D eigenvalue weighted by Crippen LogP contribution is 2.22. The number of hydrogen-bond acceptors (Lipinski definition) is 7. The van der Waals surface area contributed by atoms with Gasteiger partial charge in [-0.05, 0) is 36.4 Å². The molecule has 2 heterocycles. The van der Waals surface area contributed by atoms with Crippen molar-refractivity contribution in [1.29, 1.82) is 0 Å². The van der Waals surface area contributed by atoms with Crippen molar-refractivity contribution in [3.63, 3.8) is 0 Å². The van der Waals surface area contributed by atoms with E-state index in [1.807, 2.05) is 19.1 Å². The number of nitrogens with zero attached hydrogens (tertiary/aromatic N) is 2. The SMILES string of the molecule is CCc1ccc(CNc2nnc(-c3ccc(S(C)(=O)=O)cc3)o2)o1. The zero-order chi connectivity index (χ0) is 17.2. The third kappa shape index (κ3) is 3.65. The highest BCUT2D eigenvalue weighted by atomic mass is 32.2. The highest BCUT2D eigenvalue weighted by molar-refractivity contribution is 7.90. The van der Waals surface area contributed by atoms with Crippen LogP contribution in [-0.4, -0.2) is 24.9 Å². The van der Waals surface area contributed by atoms with Crippen LogP contribution in [0, 0.1) is 0 Å². The maximum absolute atomic E-state index is 11.5. The van der Waals surface area contributed by atoms with Gasteiger partial charge in [0.15, 0.2) is 9.84 Å². The van der Waals surface area contributed by atoms with Gasteiger partial charge in [-0.2, -0.15) is 0 Å². The van der Waals surface area contributed by atoms with Gasteiger partial charge in [0.1, 0.15) is 11.5 Å². The summed E-state index contributed by atoms with van der Waals surface area (Å²) in [6, 6.07) is 10.4. The van der Waals surface area contributed by atoms with Crippen LogP contribution in [0.15, 0.2) is 50.1 Å². The van der Waals surface area contributed by atoms with Gasteiger partial charge in [0, 0.05) is 18.2 Å². The van der Waals surface area contributed by atoms with Crippen molar-refractivity contribution in [1.82, 2.24) is 10.2 Å². The van der Waals surface area contributed by atoms with Crippen LogP contribution in [0.3, 0.4) is 0 Å². The molecular weight excluding hydrogens is 330 g/mol. The summed E-state index contributed by atoms with van der Waals surface area (Å²) in [5, 5.41) is 10.9. The van der Waals surface area contributed by atoms with Gasteiger partial charge in [-0.15, -0.1) is 5.10 Å². The average molecular weight is 347 g/mol. The second-order valence-electron chi connectivity index (χ2n) is 5.28. The summed E-state index contributed by atoms with van der Waals surface area (Å²) in [5.41, 5.74) is 0.647. The Morgan fingerprint density at radius 2 is 1.71 bits per heavy atom. The number of hydrogen-bond donors (Lipinski definition) is 1. The molecule has 0 unspecified atom stereocenters. The van der Waals surface area contributed by atoms with E-state index in [9.17, 15) is 8.42 Å². The Kier molecular flexibility index (Phi) is 4.39. The monoisotopic (exact) mass is 347 g/mol. The third-order valence-corrected chi connectivity index (χ3v) is 4.56. The van der Waals surface area contributed by atoms with Crippen LogP contribution < -0.4 is 5.32 Å². The fourth-order valence-corrected chi connectivity index (χ4v) is 2.76. The van der Waals surface area contributed by atoms with Crippen molar-refractivity contribution in [3.05, 3.63) is 47.9 Å². The zero-order valence-corrected chi connectivity index (χ0v) is 14.1. The van der Waals surface area contributed by atoms with E-state index in [2.05, 4.69) is 15.5 Å². The minimum absolute atomic E-state index is 0.244. The first kappa shape index (κ1) is 16.3. The van der Waals surface area contributed by atoms with Crippen LogP contribution in [0.5, 0.6) is 0 Å². The van der Waals surface area contributed by atoms with Gasteiger partial charge in [-0.1, -0.05) is 12.0 Å². The lowest BCUT2D eigenvalue weighted by atomic mass is 10.2. The van der Waals surface area contributed by atoms with Crippen LogP contribution in [0.2, 0.25) is 0 Å². The van der Waals surface area contributed by atoms with E-state index in [1.54, 1.807) is 12.1 Å². The normalized spacial score (nSPS) is 11.6. The fraction of sp³-hybridized carbons (Fsp3) is 0.250. The largest absolute Gasteiger partial charge is 0.464 e. The molecule has 0 fully saturated rings. The van der Waals surface area contributed by atoms with E-state index in [4.69, 9.17) is 8.83 Å². The molecule has 1 N–H and O–H groups in total. The van der Waals surface area contributed by atoms with Gasteiger partial charge in [-0.3, -0.25) is 0 Å². The number of sulfone groups is 1. The molecule has 3 rings (SSSR count). The first-order chi connectivity index (χ1) is 11.5. The highest BCUT2D eigenvalue weighted by Gasteiger charge is 2.11. The number of aryl methyl sites for hydroxylation is 1. The Hall–Kier alpha value is -2.61. The van der Waals surface area contributed by atoms with Crippen LogP contribution in [0.4, 0.5) is 6.01 Å². The number of aromatic nitrogens is 2. The van der Waals surface area contributed by atoms with Gasteiger partial charge in [0.25, 0.3) is 0 Å². The molecule has 24 heavy (non-hydrogen) atoms. The summed E-state index contributed by atoms with van der Waals surface area (Å²) in [5.74, 6) is 2.01. The van der Waals surface area contributed by atoms with E-state index in [1.165, 1.54) is 12.1 Å². The van der Waals surface area contributed by atoms with E-state index < -0.39 is 9.84 Å². The van der Waals surface area contributed by atoms with Gasteiger partial charge in [-0.25, -0.2) is 8.42 Å². The molecule has 0 amide bonds. The number of anilines is 1. The van der Waals surface area contributed by atoms with Gasteiger partial charge >= 0.3 is 6.01 Å². The van der Waals surface area contributed by atoms with Gasteiger partial charge < -0.3 is 14.2 Å². The average Bonchev–Trinajstić information content (AvgIpc) is 3.21. The molecule has 0 saturated heterocycles. The van der Waals surface area contributed by atoms with Crippen LogP contribution in [0.25, 0.3) is 11.5 Å². The molecule has 126 valence electrons. The van der Waals surface area contributed by atoms with Crippen LogP contribution in [0.1, 0.15) is 18.4 Å². The maximum Gasteiger partial charge on any atom is 0.316 e. The fourth-order valence-electron chi connectivity index (χ4n) is 2.13. The minimum atomic E-state index is -3.23. The summed E-state index contributed by atoms with van der Waals surface area (Å²) in [7, 11) is -3.23. The lowest BCUT2D eigenvalue weighted by Crippen LogP contribution is -1.98. The summed E-state index contributed by atoms with van der Waals surface area (Å²) in [6.45, 7) is 2.46. The first-order valence-corrected chi connectivity index (χ1v) is 9.30. The van der Waals surface area contributed by atoms with Crippen LogP contribution >= 0.6 is 0 Å². The Morgan fingerprint density at radius 3 is 2.33 bits per heavy atom. The predicted octanol–water partition coefficient (Wildman–Crippen LogP) is 2.91. The van der Waals surface area contributed by atoms with Crippen molar-refractivity contribution in [2.75, 3.05) is 11.6 Å². The topological polar surface area (TPSA) is 98.2 Å². The minimum Gasteiger partial charge on any atom is -0.464 e. The molecule has 8 heteroatoms. The molecule has 1 aromatic carbocycles. The molecule has 0 bridgehead atoms. The molecule has 0 atom stereocenters. The Labute approximate surface area is 139 Å². The summed E-state index contributed by atoms with van der Waals surface area (Å²) in [6.07, 6.45) is 2.00. The second-order valence-corrected chi connectivity index (χ2v) is 7.30. The van der Waals surface area contributed by atoms with Crippen molar-refractivity contribution < 1.29 is 17.3 Å². The molecular formula is C16H17N3O4S. The smallest absolute Gasteiger partial charge is 0.316 e. The van der Waals surface area contributed by atoms with Crippen molar-refractivity contribution in [2.24, 2.45) is 0 Å². The summed E-state index contributed by atoms with van der Waals surface area (Å²) in [4.78, 5) is 0.244. The Morgan fingerprint density at radius 1 is 1.00 bits per heavy atom. The molecule has 0 spiro atoms. The molecule has 0 saturated carbocycles.